The summed E-state index contributed by atoms with van der Waals surface area (Å²) in [5.41, 5.74) is 1.33. The molecule has 2 aliphatic rings. The zero-order chi connectivity index (χ0) is 24.8. The number of aldehydes is 1. The minimum absolute atomic E-state index is 0.157. The maximum absolute atomic E-state index is 13.5. The predicted molar refractivity (Wildman–Crippen MR) is 131 cm³/mol. The maximum atomic E-state index is 13.5. The molecule has 1 amide bonds. The van der Waals surface area contributed by atoms with Crippen molar-refractivity contribution in [1.29, 1.82) is 0 Å². The Kier molecular flexibility index (Phi) is 9.14. The van der Waals surface area contributed by atoms with Crippen LogP contribution in [0.4, 0.5) is 0 Å². The highest BCUT2D eigenvalue weighted by molar-refractivity contribution is 5.83. The minimum Gasteiger partial charge on any atom is -0.512 e. The van der Waals surface area contributed by atoms with Gasteiger partial charge in [0.1, 0.15) is 18.6 Å². The molecule has 1 aromatic rings. The Hall–Kier alpha value is -2.38. The van der Waals surface area contributed by atoms with Gasteiger partial charge in [-0.3, -0.25) is 9.59 Å². The Morgan fingerprint density at radius 1 is 1.26 bits per heavy atom. The highest BCUT2D eigenvalue weighted by Crippen LogP contribution is 2.41. The van der Waals surface area contributed by atoms with Crippen molar-refractivity contribution >= 4 is 12.2 Å². The number of aliphatic hydroxyl groups is 2. The van der Waals surface area contributed by atoms with E-state index in [1.54, 1.807) is 25.1 Å². The molecule has 1 saturated heterocycles. The van der Waals surface area contributed by atoms with E-state index in [2.05, 4.69) is 26.1 Å². The number of nitrogens with one attached hydrogen (secondary N) is 1. The average molecular weight is 473 g/mol. The van der Waals surface area contributed by atoms with E-state index >= 15 is 0 Å². The van der Waals surface area contributed by atoms with Crippen LogP contribution in [0.15, 0.2) is 36.3 Å². The summed E-state index contributed by atoms with van der Waals surface area (Å²) < 4.78 is 0. The van der Waals surface area contributed by atoms with Crippen molar-refractivity contribution in [3.05, 3.63) is 47.4 Å². The molecule has 1 saturated carbocycles. The first-order valence-corrected chi connectivity index (χ1v) is 12.6. The number of rotatable bonds is 9. The van der Waals surface area contributed by atoms with Crippen LogP contribution in [0.25, 0.3) is 0 Å². The summed E-state index contributed by atoms with van der Waals surface area (Å²) in [7, 11) is 0. The number of hydrogen-bond acceptors (Lipinski definition) is 6. The highest BCUT2D eigenvalue weighted by Gasteiger charge is 2.48. The first-order chi connectivity index (χ1) is 16.3. The zero-order valence-electron chi connectivity index (χ0n) is 20.8. The Balaban J connectivity index is 1.77. The third-order valence-electron chi connectivity index (χ3n) is 7.94. The number of nitrogens with zero attached hydrogens (tertiary/aromatic N) is 1. The number of aliphatic hydroxyl groups excluding tert-OH is 2. The van der Waals surface area contributed by atoms with Crippen LogP contribution in [0.5, 0.6) is 0 Å². The Morgan fingerprint density at radius 3 is 2.62 bits per heavy atom. The van der Waals surface area contributed by atoms with Gasteiger partial charge in [0.05, 0.1) is 18.6 Å². The van der Waals surface area contributed by atoms with Gasteiger partial charge < -0.3 is 20.4 Å². The molecular formula is C27H40N2O5. The lowest BCUT2D eigenvalue weighted by Gasteiger charge is -2.40. The zero-order valence-corrected chi connectivity index (χ0v) is 20.8. The standard InChI is InChI=1S/C27H40N2O5/c1-5-19-11-22(6-2)17(3)23(12-19)13-28-27(33)26-25(18(4)32)24(16-31)34-29(26)14-20-8-7-9-21(10-20)15-30/h7-10,15-19,22-23,25-26,31-32H,5-6,11-14H2,1-4H3,(H,28,33)/b24-16-/t17-,18-,19+,22-,23+,25+,26-/m0/s1. The third kappa shape index (κ3) is 5.81. The molecule has 1 heterocycles. The summed E-state index contributed by atoms with van der Waals surface area (Å²) in [5, 5.41) is 24.8. The Bertz CT molecular complexity index is 870. The van der Waals surface area contributed by atoms with E-state index in [1.807, 2.05) is 6.07 Å². The molecule has 0 bridgehead atoms. The largest absolute Gasteiger partial charge is 0.512 e. The number of benzene rings is 1. The smallest absolute Gasteiger partial charge is 0.241 e. The number of hydroxylamine groups is 2. The van der Waals surface area contributed by atoms with Crippen molar-refractivity contribution in [2.24, 2.45) is 29.6 Å². The molecule has 3 rings (SSSR count). The molecule has 1 aliphatic carbocycles. The fraction of sp³-hybridized carbons (Fsp3) is 0.630. The van der Waals surface area contributed by atoms with Gasteiger partial charge in [0.15, 0.2) is 5.76 Å². The highest BCUT2D eigenvalue weighted by atomic mass is 16.7. The van der Waals surface area contributed by atoms with Gasteiger partial charge in [0.2, 0.25) is 5.91 Å². The summed E-state index contributed by atoms with van der Waals surface area (Å²) in [6, 6.07) is 6.27. The fourth-order valence-corrected chi connectivity index (χ4v) is 5.81. The summed E-state index contributed by atoms with van der Waals surface area (Å²) in [6.45, 7) is 9.20. The SMILES string of the molecule is CC[C@@H]1C[C@H](CC)[C@H](C)[C@@H](CNC(=O)[C@@H]2[C@H]([C@H](C)O)/C(=C/O)ON2Cc2cccc(C=O)c2)C1. The normalized spacial score (nSPS) is 31.7. The molecule has 7 heteroatoms. The molecule has 1 aromatic carbocycles. The first-order valence-electron chi connectivity index (χ1n) is 12.6. The van der Waals surface area contributed by atoms with Gasteiger partial charge in [-0.2, -0.15) is 0 Å². The summed E-state index contributed by atoms with van der Waals surface area (Å²) >= 11 is 0. The molecule has 2 fully saturated rings. The van der Waals surface area contributed by atoms with Crippen LogP contribution >= 0.6 is 0 Å². The lowest BCUT2D eigenvalue weighted by Crippen LogP contribution is -2.50. The fourth-order valence-electron chi connectivity index (χ4n) is 5.81. The van der Waals surface area contributed by atoms with Crippen LogP contribution in [-0.4, -0.2) is 46.2 Å². The Labute approximate surface area is 203 Å². The van der Waals surface area contributed by atoms with Crippen LogP contribution in [-0.2, 0) is 16.2 Å². The van der Waals surface area contributed by atoms with Crippen LogP contribution in [0.3, 0.4) is 0 Å². The molecule has 0 unspecified atom stereocenters. The van der Waals surface area contributed by atoms with E-state index in [0.717, 1.165) is 37.4 Å². The van der Waals surface area contributed by atoms with E-state index in [1.165, 1.54) is 11.5 Å². The minimum atomic E-state index is -0.900. The maximum Gasteiger partial charge on any atom is 0.241 e. The number of amides is 1. The molecule has 0 aromatic heterocycles. The second kappa shape index (κ2) is 11.8. The molecule has 1 aliphatic heterocycles. The van der Waals surface area contributed by atoms with Crippen LogP contribution in [0.2, 0.25) is 0 Å². The summed E-state index contributed by atoms with van der Waals surface area (Å²) in [6.07, 6.45) is 5.38. The van der Waals surface area contributed by atoms with E-state index in [4.69, 9.17) is 4.84 Å². The molecule has 34 heavy (non-hydrogen) atoms. The van der Waals surface area contributed by atoms with Gasteiger partial charge in [-0.05, 0) is 55.1 Å². The van der Waals surface area contributed by atoms with Gasteiger partial charge >= 0.3 is 0 Å². The van der Waals surface area contributed by atoms with Gasteiger partial charge in [-0.25, -0.2) is 0 Å². The van der Waals surface area contributed by atoms with Crippen molar-refractivity contribution in [3.63, 3.8) is 0 Å². The van der Waals surface area contributed by atoms with E-state index in [0.29, 0.717) is 35.8 Å². The van der Waals surface area contributed by atoms with Gasteiger partial charge in [-0.15, -0.1) is 5.06 Å². The van der Waals surface area contributed by atoms with Gasteiger partial charge in [0, 0.05) is 12.1 Å². The van der Waals surface area contributed by atoms with Crippen molar-refractivity contribution in [1.82, 2.24) is 10.4 Å². The van der Waals surface area contributed by atoms with Crippen molar-refractivity contribution in [3.8, 4) is 0 Å². The van der Waals surface area contributed by atoms with Gasteiger partial charge in [-0.1, -0.05) is 51.8 Å². The average Bonchev–Trinajstić information content (AvgIpc) is 3.21. The lowest BCUT2D eigenvalue weighted by molar-refractivity contribution is -0.149. The number of carbonyl (C=O) groups is 2. The Morgan fingerprint density at radius 2 is 2.00 bits per heavy atom. The topological polar surface area (TPSA) is 99.1 Å². The second-order valence-electron chi connectivity index (χ2n) is 10.1. The number of carbonyl (C=O) groups excluding carboxylic acids is 2. The monoisotopic (exact) mass is 472 g/mol. The molecular weight excluding hydrogens is 432 g/mol. The van der Waals surface area contributed by atoms with Crippen LogP contribution < -0.4 is 5.32 Å². The van der Waals surface area contributed by atoms with Crippen LogP contribution in [0, 0.1) is 29.6 Å². The quantitative estimate of drug-likeness (QED) is 0.368. The molecule has 0 spiro atoms. The molecule has 0 radical (unpaired) electrons. The molecule has 7 atom stereocenters. The first kappa shape index (κ1) is 26.2. The van der Waals surface area contributed by atoms with Crippen molar-refractivity contribution < 1.29 is 24.6 Å². The van der Waals surface area contributed by atoms with E-state index in [-0.39, 0.29) is 18.2 Å². The molecule has 7 nitrogen and oxygen atoms in total. The van der Waals surface area contributed by atoms with Gasteiger partial charge in [0.25, 0.3) is 0 Å². The molecule has 188 valence electrons. The van der Waals surface area contributed by atoms with Crippen LogP contribution in [0.1, 0.15) is 69.3 Å². The van der Waals surface area contributed by atoms with Crippen molar-refractivity contribution in [2.75, 3.05) is 6.54 Å². The number of hydrogen-bond donors (Lipinski definition) is 3. The second-order valence-corrected chi connectivity index (χ2v) is 10.1. The van der Waals surface area contributed by atoms with E-state index in [9.17, 15) is 19.8 Å². The molecule has 3 N–H and O–H groups in total. The van der Waals surface area contributed by atoms with Crippen molar-refractivity contribution in [2.45, 2.75) is 72.1 Å². The summed E-state index contributed by atoms with van der Waals surface area (Å²) in [5.74, 6) is 1.54. The third-order valence-corrected chi connectivity index (χ3v) is 7.94. The summed E-state index contributed by atoms with van der Waals surface area (Å²) in [4.78, 5) is 30.5. The lowest BCUT2D eigenvalue weighted by atomic mass is 9.67. The van der Waals surface area contributed by atoms with E-state index < -0.39 is 18.1 Å². The predicted octanol–water partition coefficient (Wildman–Crippen LogP) is 4.23.